The van der Waals surface area contributed by atoms with Crippen molar-refractivity contribution in [1.29, 1.82) is 0 Å². The molecule has 0 aliphatic carbocycles. The van der Waals surface area contributed by atoms with Crippen molar-refractivity contribution in [1.82, 2.24) is 0 Å². The summed E-state index contributed by atoms with van der Waals surface area (Å²) in [5, 5.41) is 18.3. The van der Waals surface area contributed by atoms with Crippen LogP contribution in [0, 0.1) is 11.8 Å². The number of rotatable bonds is 8. The van der Waals surface area contributed by atoms with E-state index in [1.54, 1.807) is 0 Å². The summed E-state index contributed by atoms with van der Waals surface area (Å²) in [5.41, 5.74) is 2.47. The van der Waals surface area contributed by atoms with Crippen molar-refractivity contribution in [3.05, 3.63) is 29.3 Å². The van der Waals surface area contributed by atoms with E-state index in [4.69, 9.17) is 4.74 Å². The molecular weight excluding hydrogens is 276 g/mol. The van der Waals surface area contributed by atoms with Crippen LogP contribution < -0.4 is 4.74 Å². The Morgan fingerprint density at radius 3 is 2.23 bits per heavy atom. The SMILES string of the molecule is CC(C)COc1ccc(CCC(CO)CO)cc1C(C)(C)C. The molecule has 0 aliphatic rings. The van der Waals surface area contributed by atoms with E-state index in [1.165, 1.54) is 11.1 Å². The van der Waals surface area contributed by atoms with E-state index in [1.807, 2.05) is 0 Å². The van der Waals surface area contributed by atoms with Gasteiger partial charge >= 0.3 is 0 Å². The number of aryl methyl sites for hydroxylation is 1. The van der Waals surface area contributed by atoms with Crippen LogP contribution in [-0.4, -0.2) is 30.0 Å². The fourth-order valence-electron chi connectivity index (χ4n) is 2.31. The summed E-state index contributed by atoms with van der Waals surface area (Å²) < 4.78 is 5.97. The Kier molecular flexibility index (Phi) is 7.37. The molecule has 3 nitrogen and oxygen atoms in total. The first-order valence-corrected chi connectivity index (χ1v) is 8.25. The molecule has 0 atom stereocenters. The molecule has 0 saturated carbocycles. The molecule has 22 heavy (non-hydrogen) atoms. The van der Waals surface area contributed by atoms with E-state index in [0.29, 0.717) is 5.92 Å². The van der Waals surface area contributed by atoms with Crippen LogP contribution in [0.1, 0.15) is 52.2 Å². The van der Waals surface area contributed by atoms with Crippen molar-refractivity contribution < 1.29 is 14.9 Å². The van der Waals surface area contributed by atoms with Gasteiger partial charge in [-0.15, -0.1) is 0 Å². The summed E-state index contributed by atoms with van der Waals surface area (Å²) in [5.74, 6) is 1.43. The monoisotopic (exact) mass is 308 g/mol. The zero-order chi connectivity index (χ0) is 16.8. The molecule has 3 heteroatoms. The first kappa shape index (κ1) is 19.0. The second-order valence-electron chi connectivity index (χ2n) is 7.56. The number of benzene rings is 1. The van der Waals surface area contributed by atoms with E-state index in [9.17, 15) is 10.2 Å². The highest BCUT2D eigenvalue weighted by Crippen LogP contribution is 2.33. The van der Waals surface area contributed by atoms with Gasteiger partial charge in [-0.1, -0.05) is 46.8 Å². The van der Waals surface area contributed by atoms with E-state index in [2.05, 4.69) is 52.8 Å². The van der Waals surface area contributed by atoms with Crippen LogP contribution in [0.3, 0.4) is 0 Å². The first-order valence-electron chi connectivity index (χ1n) is 8.25. The van der Waals surface area contributed by atoms with Crippen molar-refractivity contribution in [2.75, 3.05) is 19.8 Å². The zero-order valence-corrected chi connectivity index (χ0v) is 14.7. The van der Waals surface area contributed by atoms with Gasteiger partial charge < -0.3 is 14.9 Å². The van der Waals surface area contributed by atoms with E-state index in [0.717, 1.165) is 25.2 Å². The first-order chi connectivity index (χ1) is 10.3. The van der Waals surface area contributed by atoms with E-state index in [-0.39, 0.29) is 24.5 Å². The summed E-state index contributed by atoms with van der Waals surface area (Å²) in [7, 11) is 0. The van der Waals surface area contributed by atoms with Crippen LogP contribution >= 0.6 is 0 Å². The third-order valence-electron chi connectivity index (χ3n) is 3.78. The molecule has 0 bridgehead atoms. The van der Waals surface area contributed by atoms with Gasteiger partial charge in [0, 0.05) is 19.1 Å². The summed E-state index contributed by atoms with van der Waals surface area (Å²) in [6, 6.07) is 6.36. The second-order valence-corrected chi connectivity index (χ2v) is 7.56. The predicted octanol–water partition coefficient (Wildman–Crippen LogP) is 3.55. The van der Waals surface area contributed by atoms with Crippen molar-refractivity contribution >= 4 is 0 Å². The average Bonchev–Trinajstić information content (AvgIpc) is 2.45. The molecule has 0 spiro atoms. The summed E-state index contributed by atoms with van der Waals surface area (Å²) in [4.78, 5) is 0. The molecule has 0 saturated heterocycles. The van der Waals surface area contributed by atoms with Gasteiger partial charge in [0.2, 0.25) is 0 Å². The number of hydrogen-bond donors (Lipinski definition) is 2. The summed E-state index contributed by atoms with van der Waals surface area (Å²) in [6.45, 7) is 11.7. The average molecular weight is 308 g/mol. The molecule has 0 radical (unpaired) electrons. The quantitative estimate of drug-likeness (QED) is 0.772. The molecule has 1 rings (SSSR count). The number of ether oxygens (including phenoxy) is 1. The lowest BCUT2D eigenvalue weighted by Crippen LogP contribution is -2.16. The van der Waals surface area contributed by atoms with Crippen molar-refractivity contribution in [2.45, 2.75) is 52.9 Å². The van der Waals surface area contributed by atoms with Gasteiger partial charge in [-0.2, -0.15) is 0 Å². The van der Waals surface area contributed by atoms with Crippen LogP contribution in [0.25, 0.3) is 0 Å². The summed E-state index contributed by atoms with van der Waals surface area (Å²) >= 11 is 0. The minimum absolute atomic E-state index is 0.0235. The lowest BCUT2D eigenvalue weighted by Gasteiger charge is -2.24. The van der Waals surface area contributed by atoms with Gasteiger partial charge in [-0.3, -0.25) is 0 Å². The smallest absolute Gasteiger partial charge is 0.123 e. The molecule has 126 valence electrons. The Morgan fingerprint density at radius 1 is 1.09 bits per heavy atom. The molecule has 0 aliphatic heterocycles. The number of aliphatic hydroxyl groups excluding tert-OH is 2. The number of aliphatic hydroxyl groups is 2. The van der Waals surface area contributed by atoms with Crippen LogP contribution in [-0.2, 0) is 11.8 Å². The van der Waals surface area contributed by atoms with Gasteiger partial charge in [0.05, 0.1) is 6.61 Å². The molecule has 2 N–H and O–H groups in total. The highest BCUT2D eigenvalue weighted by molar-refractivity contribution is 5.41. The lowest BCUT2D eigenvalue weighted by atomic mass is 9.84. The standard InChI is InChI=1S/C19H32O3/c1-14(2)13-22-18-9-8-15(6-7-16(11-20)12-21)10-17(18)19(3,4)5/h8-10,14,16,20-21H,6-7,11-13H2,1-5H3. The minimum atomic E-state index is -0.0324. The molecule has 1 aromatic rings. The highest BCUT2D eigenvalue weighted by Gasteiger charge is 2.20. The van der Waals surface area contributed by atoms with E-state index >= 15 is 0 Å². The Bertz CT molecular complexity index is 442. The fourth-order valence-corrected chi connectivity index (χ4v) is 2.31. The molecule has 0 fully saturated rings. The van der Waals surface area contributed by atoms with Crippen molar-refractivity contribution in [3.63, 3.8) is 0 Å². The van der Waals surface area contributed by atoms with Crippen molar-refractivity contribution in [2.24, 2.45) is 11.8 Å². The Balaban J connectivity index is 2.90. The summed E-state index contributed by atoms with van der Waals surface area (Å²) in [6.07, 6.45) is 1.65. The molecule has 0 amide bonds. The van der Waals surface area contributed by atoms with E-state index < -0.39 is 0 Å². The third-order valence-corrected chi connectivity index (χ3v) is 3.78. The van der Waals surface area contributed by atoms with Crippen LogP contribution in [0.5, 0.6) is 5.75 Å². The topological polar surface area (TPSA) is 49.7 Å². The maximum Gasteiger partial charge on any atom is 0.123 e. The van der Waals surface area contributed by atoms with Crippen LogP contribution in [0.4, 0.5) is 0 Å². The molecule has 0 aromatic heterocycles. The molecular formula is C19H32O3. The molecule has 0 heterocycles. The molecule has 1 aromatic carbocycles. The largest absolute Gasteiger partial charge is 0.493 e. The van der Waals surface area contributed by atoms with Gasteiger partial charge in [-0.25, -0.2) is 0 Å². The maximum absolute atomic E-state index is 9.17. The van der Waals surface area contributed by atoms with Gasteiger partial charge in [0.25, 0.3) is 0 Å². The van der Waals surface area contributed by atoms with Gasteiger partial charge in [0.15, 0.2) is 0 Å². The normalized spacial score (nSPS) is 12.2. The number of hydrogen-bond acceptors (Lipinski definition) is 3. The van der Waals surface area contributed by atoms with Crippen molar-refractivity contribution in [3.8, 4) is 5.75 Å². The highest BCUT2D eigenvalue weighted by atomic mass is 16.5. The lowest BCUT2D eigenvalue weighted by molar-refractivity contribution is 0.144. The second kappa shape index (κ2) is 8.54. The maximum atomic E-state index is 9.17. The van der Waals surface area contributed by atoms with Gasteiger partial charge in [-0.05, 0) is 41.4 Å². The minimum Gasteiger partial charge on any atom is -0.493 e. The third kappa shape index (κ3) is 5.98. The fraction of sp³-hybridized carbons (Fsp3) is 0.684. The van der Waals surface area contributed by atoms with Crippen LogP contribution in [0.2, 0.25) is 0 Å². The zero-order valence-electron chi connectivity index (χ0n) is 14.7. The predicted molar refractivity (Wildman–Crippen MR) is 91.5 cm³/mol. The Labute approximate surface area is 135 Å². The molecule has 0 unspecified atom stereocenters. The van der Waals surface area contributed by atoms with Gasteiger partial charge in [0.1, 0.15) is 5.75 Å². The van der Waals surface area contributed by atoms with Crippen LogP contribution in [0.15, 0.2) is 18.2 Å². The Morgan fingerprint density at radius 2 is 1.73 bits per heavy atom. The Hall–Kier alpha value is -1.06.